The number of carbonyl (C=O) groups is 1. The molecule has 0 bridgehead atoms. The fraction of sp³-hybridized carbons (Fsp3) is 0.591. The molecule has 1 aliphatic heterocycles. The van der Waals surface area contributed by atoms with Crippen molar-refractivity contribution in [2.45, 2.75) is 64.2 Å². The third-order valence-corrected chi connectivity index (χ3v) is 6.31. The molecule has 1 atom stereocenters. The number of nitrogens with zero attached hydrogens (tertiary/aromatic N) is 4. The van der Waals surface area contributed by atoms with Gasteiger partial charge in [0.1, 0.15) is 5.75 Å². The van der Waals surface area contributed by atoms with Crippen LogP contribution >= 0.6 is 11.8 Å². The number of carbonyl (C=O) groups excluding carboxylic acids is 1. The van der Waals surface area contributed by atoms with E-state index in [9.17, 15) is 4.79 Å². The highest BCUT2D eigenvalue weighted by Gasteiger charge is 2.26. The summed E-state index contributed by atoms with van der Waals surface area (Å²) in [7, 11) is 1.66. The van der Waals surface area contributed by atoms with Crippen molar-refractivity contribution in [3.05, 3.63) is 24.3 Å². The molecule has 1 saturated heterocycles. The number of rotatable bonds is 8. The van der Waals surface area contributed by atoms with Crippen LogP contribution in [0.25, 0.3) is 11.4 Å². The number of benzene rings is 1. The fourth-order valence-corrected chi connectivity index (χ4v) is 4.68. The maximum Gasteiger partial charge on any atom is 0.233 e. The molecular formula is C22H32N4O2S. The number of likely N-dealkylation sites (tertiary alicyclic amines) is 1. The SMILES string of the molecule is CC[C@@H]1CCCCN1C(=O)CSc1nnc(-c2ccc(OC)cc2)n1CC(C)C. The van der Waals surface area contributed by atoms with Gasteiger partial charge in [0, 0.05) is 24.7 Å². The van der Waals surface area contributed by atoms with Crippen molar-refractivity contribution in [3.8, 4) is 17.1 Å². The summed E-state index contributed by atoms with van der Waals surface area (Å²) >= 11 is 1.50. The Bertz CT molecular complexity index is 804. The van der Waals surface area contributed by atoms with E-state index in [0.717, 1.165) is 54.6 Å². The molecule has 0 spiro atoms. The molecule has 7 heteroatoms. The Kier molecular flexibility index (Phi) is 7.58. The van der Waals surface area contributed by atoms with Gasteiger partial charge < -0.3 is 14.2 Å². The van der Waals surface area contributed by atoms with Gasteiger partial charge in [-0.25, -0.2) is 0 Å². The molecule has 1 amide bonds. The minimum atomic E-state index is 0.214. The molecular weight excluding hydrogens is 384 g/mol. The normalized spacial score (nSPS) is 17.0. The Labute approximate surface area is 178 Å². The lowest BCUT2D eigenvalue weighted by Crippen LogP contribution is -2.44. The molecule has 0 unspecified atom stereocenters. The van der Waals surface area contributed by atoms with Crippen molar-refractivity contribution in [2.75, 3.05) is 19.4 Å². The Morgan fingerprint density at radius 2 is 2.00 bits per heavy atom. The van der Waals surface area contributed by atoms with Crippen LogP contribution in [-0.2, 0) is 11.3 Å². The lowest BCUT2D eigenvalue weighted by Gasteiger charge is -2.35. The molecule has 0 N–H and O–H groups in total. The van der Waals surface area contributed by atoms with Crippen molar-refractivity contribution in [2.24, 2.45) is 5.92 Å². The van der Waals surface area contributed by atoms with Crippen LogP contribution in [0.4, 0.5) is 0 Å². The van der Waals surface area contributed by atoms with Gasteiger partial charge in [0.2, 0.25) is 5.91 Å². The minimum Gasteiger partial charge on any atom is -0.497 e. The average Bonchev–Trinajstić information content (AvgIpc) is 3.13. The van der Waals surface area contributed by atoms with E-state index in [2.05, 4.69) is 40.4 Å². The highest BCUT2D eigenvalue weighted by molar-refractivity contribution is 7.99. The second kappa shape index (κ2) is 10.1. The molecule has 3 rings (SSSR count). The standard InChI is InChI=1S/C22H32N4O2S/c1-5-18-8-6-7-13-25(18)20(27)15-29-22-24-23-21(26(22)14-16(2)3)17-9-11-19(28-4)12-10-17/h9-12,16,18H,5-8,13-15H2,1-4H3/t18-/m1/s1. The van der Waals surface area contributed by atoms with E-state index in [4.69, 9.17) is 4.74 Å². The van der Waals surface area contributed by atoms with Gasteiger partial charge in [0.15, 0.2) is 11.0 Å². The molecule has 1 fully saturated rings. The molecule has 158 valence electrons. The highest BCUT2D eigenvalue weighted by atomic mass is 32.2. The molecule has 1 aromatic heterocycles. The van der Waals surface area contributed by atoms with Gasteiger partial charge in [-0.05, 0) is 55.9 Å². The Balaban J connectivity index is 1.76. The van der Waals surface area contributed by atoms with E-state index < -0.39 is 0 Å². The van der Waals surface area contributed by atoms with Crippen molar-refractivity contribution in [1.82, 2.24) is 19.7 Å². The second-order valence-corrected chi connectivity index (χ2v) is 8.92. The Hall–Kier alpha value is -2.02. The average molecular weight is 417 g/mol. The van der Waals surface area contributed by atoms with Crippen LogP contribution in [0, 0.1) is 5.92 Å². The quantitative estimate of drug-likeness (QED) is 0.593. The van der Waals surface area contributed by atoms with Crippen LogP contribution < -0.4 is 4.74 Å². The smallest absolute Gasteiger partial charge is 0.233 e. The number of hydrogen-bond acceptors (Lipinski definition) is 5. The Morgan fingerprint density at radius 1 is 1.24 bits per heavy atom. The summed E-state index contributed by atoms with van der Waals surface area (Å²) in [6.07, 6.45) is 4.49. The monoisotopic (exact) mass is 416 g/mol. The number of thioether (sulfide) groups is 1. The summed E-state index contributed by atoms with van der Waals surface area (Å²) in [6.45, 7) is 8.22. The van der Waals surface area contributed by atoms with E-state index in [0.29, 0.717) is 17.7 Å². The second-order valence-electron chi connectivity index (χ2n) is 7.97. The predicted molar refractivity (Wildman–Crippen MR) is 117 cm³/mol. The number of aromatic nitrogens is 3. The first-order chi connectivity index (χ1) is 14.0. The summed E-state index contributed by atoms with van der Waals surface area (Å²) in [5.41, 5.74) is 0.999. The molecule has 2 aromatic rings. The molecule has 29 heavy (non-hydrogen) atoms. The van der Waals surface area contributed by atoms with E-state index in [1.807, 2.05) is 24.3 Å². The molecule has 0 saturated carbocycles. The van der Waals surface area contributed by atoms with Gasteiger partial charge in [-0.1, -0.05) is 32.5 Å². The minimum absolute atomic E-state index is 0.214. The Morgan fingerprint density at radius 3 is 2.66 bits per heavy atom. The van der Waals surface area contributed by atoms with Gasteiger partial charge in [-0.3, -0.25) is 4.79 Å². The molecule has 0 aliphatic carbocycles. The van der Waals surface area contributed by atoms with E-state index in [1.54, 1.807) is 7.11 Å². The summed E-state index contributed by atoms with van der Waals surface area (Å²) in [6, 6.07) is 8.25. The molecule has 0 radical (unpaired) electrons. The van der Waals surface area contributed by atoms with Crippen LogP contribution in [0.5, 0.6) is 5.75 Å². The number of piperidine rings is 1. The zero-order chi connectivity index (χ0) is 20.8. The molecule has 2 heterocycles. The first kappa shape index (κ1) is 21.7. The topological polar surface area (TPSA) is 60.3 Å². The molecule has 6 nitrogen and oxygen atoms in total. The maximum absolute atomic E-state index is 12.9. The lowest BCUT2D eigenvalue weighted by molar-refractivity contribution is -0.132. The van der Waals surface area contributed by atoms with Crippen molar-refractivity contribution < 1.29 is 9.53 Å². The maximum atomic E-state index is 12.9. The van der Waals surface area contributed by atoms with Crippen LogP contribution in [0.15, 0.2) is 29.4 Å². The summed E-state index contributed by atoms with van der Waals surface area (Å²) in [5.74, 6) is 2.72. The lowest BCUT2D eigenvalue weighted by atomic mass is 10.0. The molecule has 1 aromatic carbocycles. The van der Waals surface area contributed by atoms with Crippen LogP contribution in [0.1, 0.15) is 46.5 Å². The number of methoxy groups -OCH3 is 1. The van der Waals surface area contributed by atoms with E-state index in [-0.39, 0.29) is 5.91 Å². The zero-order valence-electron chi connectivity index (χ0n) is 17.9. The largest absolute Gasteiger partial charge is 0.497 e. The van der Waals surface area contributed by atoms with Gasteiger partial charge in [0.05, 0.1) is 12.9 Å². The first-order valence-electron chi connectivity index (χ1n) is 10.5. The summed E-state index contributed by atoms with van der Waals surface area (Å²) in [5, 5.41) is 9.67. The van der Waals surface area contributed by atoms with Gasteiger partial charge >= 0.3 is 0 Å². The van der Waals surface area contributed by atoms with Crippen LogP contribution in [0.2, 0.25) is 0 Å². The third-order valence-electron chi connectivity index (χ3n) is 5.36. The highest BCUT2D eigenvalue weighted by Crippen LogP contribution is 2.28. The van der Waals surface area contributed by atoms with Crippen molar-refractivity contribution in [1.29, 1.82) is 0 Å². The number of hydrogen-bond donors (Lipinski definition) is 0. The zero-order valence-corrected chi connectivity index (χ0v) is 18.7. The van der Waals surface area contributed by atoms with E-state index in [1.165, 1.54) is 18.2 Å². The fourth-order valence-electron chi connectivity index (χ4n) is 3.84. The molecule has 1 aliphatic rings. The number of amides is 1. The van der Waals surface area contributed by atoms with Crippen molar-refractivity contribution >= 4 is 17.7 Å². The summed E-state index contributed by atoms with van der Waals surface area (Å²) in [4.78, 5) is 14.9. The van der Waals surface area contributed by atoms with Gasteiger partial charge in [0.25, 0.3) is 0 Å². The third kappa shape index (κ3) is 5.32. The van der Waals surface area contributed by atoms with Gasteiger partial charge in [-0.2, -0.15) is 0 Å². The van der Waals surface area contributed by atoms with E-state index >= 15 is 0 Å². The van der Waals surface area contributed by atoms with Crippen molar-refractivity contribution in [3.63, 3.8) is 0 Å². The predicted octanol–water partition coefficient (Wildman–Crippen LogP) is 4.49. The van der Waals surface area contributed by atoms with Gasteiger partial charge in [-0.15, -0.1) is 10.2 Å². The van der Waals surface area contributed by atoms with Crippen LogP contribution in [0.3, 0.4) is 0 Å². The summed E-state index contributed by atoms with van der Waals surface area (Å²) < 4.78 is 7.39. The number of ether oxygens (including phenoxy) is 1. The van der Waals surface area contributed by atoms with Crippen LogP contribution in [-0.4, -0.2) is 51.0 Å². The first-order valence-corrected chi connectivity index (χ1v) is 11.5.